The Morgan fingerprint density at radius 3 is 3.12 bits per heavy atom. The molecule has 1 N–H and O–H groups in total. The highest BCUT2D eigenvalue weighted by atomic mass is 16.5. The fourth-order valence-corrected chi connectivity index (χ4v) is 2.15. The summed E-state index contributed by atoms with van der Waals surface area (Å²) in [6.45, 7) is 2.61. The van der Waals surface area contributed by atoms with Gasteiger partial charge in [0.15, 0.2) is 5.58 Å². The highest BCUT2D eigenvalue weighted by Crippen LogP contribution is 2.19. The predicted molar refractivity (Wildman–Crippen MR) is 66.0 cm³/mol. The molecule has 0 saturated carbocycles. The molecule has 1 aromatic carbocycles. The molecule has 1 aromatic heterocycles. The van der Waals surface area contributed by atoms with Crippen molar-refractivity contribution >= 4 is 17.1 Å². The third kappa shape index (κ3) is 2.42. The summed E-state index contributed by atoms with van der Waals surface area (Å²) in [5.41, 5.74) is 1.73. The number of para-hydroxylation sites is 2. The third-order valence-electron chi connectivity index (χ3n) is 3.09. The average Bonchev–Trinajstić information content (AvgIpc) is 2.80. The first-order chi connectivity index (χ1) is 8.42. The Morgan fingerprint density at radius 1 is 1.35 bits per heavy atom. The maximum absolute atomic E-state index is 5.60. The van der Waals surface area contributed by atoms with E-state index >= 15 is 0 Å². The van der Waals surface area contributed by atoms with Gasteiger partial charge >= 0.3 is 0 Å². The average molecular weight is 232 g/mol. The number of hydrogen-bond acceptors (Lipinski definition) is 4. The molecule has 0 radical (unpaired) electrons. The van der Waals surface area contributed by atoms with Crippen LogP contribution in [0.3, 0.4) is 0 Å². The molecule has 0 aliphatic carbocycles. The number of ether oxygens (including phenoxy) is 1. The maximum atomic E-state index is 5.60. The largest absolute Gasteiger partial charge is 0.424 e. The Kier molecular flexibility index (Phi) is 2.96. The van der Waals surface area contributed by atoms with Crippen molar-refractivity contribution in [1.82, 2.24) is 4.98 Å². The van der Waals surface area contributed by atoms with Crippen LogP contribution in [0, 0.1) is 5.92 Å². The number of rotatable bonds is 3. The van der Waals surface area contributed by atoms with Crippen molar-refractivity contribution in [3.05, 3.63) is 24.3 Å². The van der Waals surface area contributed by atoms with E-state index in [0.29, 0.717) is 11.9 Å². The van der Waals surface area contributed by atoms with Crippen LogP contribution in [0.15, 0.2) is 28.7 Å². The van der Waals surface area contributed by atoms with Crippen molar-refractivity contribution in [2.75, 3.05) is 25.1 Å². The molecule has 0 spiro atoms. The zero-order valence-corrected chi connectivity index (χ0v) is 9.69. The van der Waals surface area contributed by atoms with Crippen LogP contribution in [0.2, 0.25) is 0 Å². The van der Waals surface area contributed by atoms with Gasteiger partial charge in [-0.3, -0.25) is 0 Å². The van der Waals surface area contributed by atoms with Crippen LogP contribution in [0.4, 0.5) is 6.01 Å². The van der Waals surface area contributed by atoms with Crippen LogP contribution < -0.4 is 5.32 Å². The van der Waals surface area contributed by atoms with Crippen molar-refractivity contribution in [3.63, 3.8) is 0 Å². The lowest BCUT2D eigenvalue weighted by atomic mass is 10.0. The van der Waals surface area contributed by atoms with Gasteiger partial charge in [0.25, 0.3) is 6.01 Å². The molecule has 17 heavy (non-hydrogen) atoms. The fourth-order valence-electron chi connectivity index (χ4n) is 2.15. The number of oxazole rings is 1. The first-order valence-electron chi connectivity index (χ1n) is 6.09. The van der Waals surface area contributed by atoms with Crippen LogP contribution in [-0.4, -0.2) is 24.7 Å². The van der Waals surface area contributed by atoms with Gasteiger partial charge < -0.3 is 14.5 Å². The number of aromatic nitrogens is 1. The molecule has 1 unspecified atom stereocenters. The van der Waals surface area contributed by atoms with Crippen LogP contribution in [0.25, 0.3) is 11.1 Å². The van der Waals surface area contributed by atoms with Gasteiger partial charge in [0.1, 0.15) is 5.52 Å². The van der Waals surface area contributed by atoms with Gasteiger partial charge in [-0.1, -0.05) is 12.1 Å². The van der Waals surface area contributed by atoms with E-state index in [0.717, 1.165) is 37.3 Å². The molecule has 1 saturated heterocycles. The van der Waals surface area contributed by atoms with Gasteiger partial charge in [-0.05, 0) is 30.9 Å². The zero-order valence-electron chi connectivity index (χ0n) is 9.69. The lowest BCUT2D eigenvalue weighted by Gasteiger charge is -2.21. The highest BCUT2D eigenvalue weighted by molar-refractivity contribution is 5.74. The second kappa shape index (κ2) is 4.75. The van der Waals surface area contributed by atoms with E-state index in [-0.39, 0.29) is 0 Å². The van der Waals surface area contributed by atoms with Crippen molar-refractivity contribution in [3.8, 4) is 0 Å². The minimum Gasteiger partial charge on any atom is -0.424 e. The second-order valence-electron chi connectivity index (χ2n) is 4.45. The summed E-state index contributed by atoms with van der Waals surface area (Å²) in [6, 6.07) is 8.40. The molecule has 0 bridgehead atoms. The number of benzene rings is 1. The first kappa shape index (κ1) is 10.6. The summed E-state index contributed by atoms with van der Waals surface area (Å²) in [5.74, 6) is 0.568. The van der Waals surface area contributed by atoms with E-state index < -0.39 is 0 Å². The molecule has 0 amide bonds. The zero-order chi connectivity index (χ0) is 11.5. The molecule has 1 atom stereocenters. The topological polar surface area (TPSA) is 47.3 Å². The number of nitrogens with one attached hydrogen (secondary N) is 1. The summed E-state index contributed by atoms with van der Waals surface area (Å²) in [5, 5.41) is 3.25. The Hall–Kier alpha value is -1.55. The van der Waals surface area contributed by atoms with E-state index in [1.165, 1.54) is 6.42 Å². The number of fused-ring (bicyclic) bond motifs is 1. The van der Waals surface area contributed by atoms with Gasteiger partial charge in [0.05, 0.1) is 6.61 Å². The molecule has 1 aliphatic heterocycles. The Labute approximate surface area is 100.0 Å². The third-order valence-corrected chi connectivity index (χ3v) is 3.09. The maximum Gasteiger partial charge on any atom is 0.295 e. The van der Waals surface area contributed by atoms with Crippen molar-refractivity contribution < 1.29 is 9.15 Å². The van der Waals surface area contributed by atoms with Gasteiger partial charge in [-0.2, -0.15) is 4.98 Å². The SMILES string of the molecule is c1ccc2oc(NCC3CCCOC3)nc2c1. The van der Waals surface area contributed by atoms with E-state index in [9.17, 15) is 0 Å². The lowest BCUT2D eigenvalue weighted by molar-refractivity contribution is 0.0593. The molecule has 2 heterocycles. The van der Waals surface area contributed by atoms with Crippen LogP contribution >= 0.6 is 0 Å². The van der Waals surface area contributed by atoms with Crippen LogP contribution in [0.1, 0.15) is 12.8 Å². The van der Waals surface area contributed by atoms with Gasteiger partial charge in [-0.15, -0.1) is 0 Å². The first-order valence-corrected chi connectivity index (χ1v) is 6.09. The molecule has 1 fully saturated rings. The predicted octanol–water partition coefficient (Wildman–Crippen LogP) is 2.67. The molecule has 90 valence electrons. The Morgan fingerprint density at radius 2 is 2.29 bits per heavy atom. The Balaban J connectivity index is 1.64. The summed E-state index contributed by atoms with van der Waals surface area (Å²) in [7, 11) is 0. The highest BCUT2D eigenvalue weighted by Gasteiger charge is 2.14. The molecular weight excluding hydrogens is 216 g/mol. The van der Waals surface area contributed by atoms with Crippen LogP contribution in [0.5, 0.6) is 0 Å². The molecule has 2 aromatic rings. The van der Waals surface area contributed by atoms with Gasteiger partial charge in [-0.25, -0.2) is 0 Å². The van der Waals surface area contributed by atoms with E-state index in [1.54, 1.807) is 0 Å². The van der Waals surface area contributed by atoms with Crippen molar-refractivity contribution in [1.29, 1.82) is 0 Å². The summed E-state index contributed by atoms with van der Waals surface area (Å²) >= 11 is 0. The minimum absolute atomic E-state index is 0.568. The molecule has 4 heteroatoms. The van der Waals surface area contributed by atoms with E-state index in [2.05, 4.69) is 10.3 Å². The summed E-state index contributed by atoms with van der Waals surface area (Å²) in [6.07, 6.45) is 2.37. The van der Waals surface area contributed by atoms with Crippen LogP contribution in [-0.2, 0) is 4.74 Å². The number of hydrogen-bond donors (Lipinski definition) is 1. The van der Waals surface area contributed by atoms with Crippen molar-refractivity contribution in [2.45, 2.75) is 12.8 Å². The molecule has 1 aliphatic rings. The fraction of sp³-hybridized carbons (Fsp3) is 0.462. The molecular formula is C13H16N2O2. The number of anilines is 1. The molecule has 4 nitrogen and oxygen atoms in total. The lowest BCUT2D eigenvalue weighted by Crippen LogP contribution is -2.24. The molecule has 3 rings (SSSR count). The van der Waals surface area contributed by atoms with E-state index in [1.807, 2.05) is 24.3 Å². The van der Waals surface area contributed by atoms with E-state index in [4.69, 9.17) is 9.15 Å². The summed E-state index contributed by atoms with van der Waals surface area (Å²) in [4.78, 5) is 4.38. The minimum atomic E-state index is 0.568. The van der Waals surface area contributed by atoms with Gasteiger partial charge in [0.2, 0.25) is 0 Å². The number of nitrogens with zero attached hydrogens (tertiary/aromatic N) is 1. The quantitative estimate of drug-likeness (QED) is 0.883. The monoisotopic (exact) mass is 232 g/mol. The van der Waals surface area contributed by atoms with Crippen molar-refractivity contribution in [2.24, 2.45) is 5.92 Å². The smallest absolute Gasteiger partial charge is 0.295 e. The standard InChI is InChI=1S/C13H16N2O2/c1-2-6-12-11(5-1)15-13(17-12)14-8-10-4-3-7-16-9-10/h1-2,5-6,10H,3-4,7-9H2,(H,14,15). The summed E-state index contributed by atoms with van der Waals surface area (Å²) < 4.78 is 11.0. The second-order valence-corrected chi connectivity index (χ2v) is 4.45. The Bertz CT molecular complexity index is 456. The van der Waals surface area contributed by atoms with Gasteiger partial charge in [0, 0.05) is 13.2 Å². The normalized spacial score (nSPS) is 20.6.